The highest BCUT2D eigenvalue weighted by molar-refractivity contribution is 6.07. The molecule has 1 aliphatic heterocycles. The van der Waals surface area contributed by atoms with Gasteiger partial charge >= 0.3 is 0 Å². The van der Waals surface area contributed by atoms with Crippen molar-refractivity contribution in [2.75, 3.05) is 18.4 Å². The van der Waals surface area contributed by atoms with Gasteiger partial charge in [0.2, 0.25) is 5.78 Å². The van der Waals surface area contributed by atoms with E-state index in [4.69, 9.17) is 0 Å². The first kappa shape index (κ1) is 18.6. The van der Waals surface area contributed by atoms with Crippen LogP contribution in [-0.4, -0.2) is 50.3 Å². The average Bonchev–Trinajstić information content (AvgIpc) is 3.42. The lowest BCUT2D eigenvalue weighted by atomic mass is 10.1. The molecule has 0 radical (unpaired) electrons. The highest BCUT2D eigenvalue weighted by Gasteiger charge is 2.31. The predicted molar refractivity (Wildman–Crippen MR) is 106 cm³/mol. The molecule has 2 aromatic rings. The number of nitro groups is 1. The topological polar surface area (TPSA) is 93.3 Å². The van der Waals surface area contributed by atoms with Gasteiger partial charge in [-0.1, -0.05) is 12.8 Å². The van der Waals surface area contributed by atoms with Gasteiger partial charge in [-0.3, -0.25) is 19.8 Å². The number of anilines is 1. The Bertz CT molecular complexity index is 888. The van der Waals surface area contributed by atoms with Gasteiger partial charge in [-0.05, 0) is 31.4 Å². The van der Waals surface area contributed by atoms with Crippen molar-refractivity contribution in [2.45, 2.75) is 44.2 Å². The number of benzene rings is 1. The van der Waals surface area contributed by atoms with Crippen LogP contribution >= 0.6 is 0 Å². The number of rotatable bonds is 6. The Labute approximate surface area is 163 Å². The maximum atomic E-state index is 12.6. The van der Waals surface area contributed by atoms with Crippen LogP contribution < -0.4 is 5.32 Å². The second-order valence-electron chi connectivity index (χ2n) is 7.74. The lowest BCUT2D eigenvalue weighted by Crippen LogP contribution is -2.33. The fourth-order valence-electron chi connectivity index (χ4n) is 4.39. The number of likely N-dealkylation sites (tertiary alicyclic amines) is 1. The van der Waals surface area contributed by atoms with E-state index in [0.29, 0.717) is 11.7 Å². The zero-order valence-corrected chi connectivity index (χ0v) is 16.0. The third kappa shape index (κ3) is 3.64. The van der Waals surface area contributed by atoms with Crippen molar-refractivity contribution in [3.8, 4) is 0 Å². The molecular formula is C20H25N5O3. The summed E-state index contributed by atoms with van der Waals surface area (Å²) in [6.45, 7) is 1.95. The first-order valence-corrected chi connectivity index (χ1v) is 9.84. The minimum absolute atomic E-state index is 0.0700. The van der Waals surface area contributed by atoms with Crippen molar-refractivity contribution >= 4 is 17.2 Å². The molecule has 1 N–H and O–H groups in total. The molecule has 148 valence electrons. The van der Waals surface area contributed by atoms with E-state index in [1.807, 2.05) is 0 Å². The van der Waals surface area contributed by atoms with Gasteiger partial charge < -0.3 is 9.88 Å². The van der Waals surface area contributed by atoms with E-state index in [9.17, 15) is 14.9 Å². The molecule has 2 fully saturated rings. The summed E-state index contributed by atoms with van der Waals surface area (Å²) in [6, 6.07) is 5.49. The summed E-state index contributed by atoms with van der Waals surface area (Å²) in [4.78, 5) is 30.4. The van der Waals surface area contributed by atoms with E-state index in [-0.39, 0.29) is 28.9 Å². The van der Waals surface area contributed by atoms with Crippen LogP contribution in [-0.2, 0) is 7.05 Å². The van der Waals surface area contributed by atoms with Crippen molar-refractivity contribution in [1.29, 1.82) is 0 Å². The second-order valence-corrected chi connectivity index (χ2v) is 7.74. The number of nitro benzene ring substituents is 1. The lowest BCUT2D eigenvalue weighted by molar-refractivity contribution is -0.384. The maximum absolute atomic E-state index is 12.6. The fraction of sp³-hybridized carbons (Fsp3) is 0.500. The molecule has 1 saturated heterocycles. The fourth-order valence-corrected chi connectivity index (χ4v) is 4.39. The first-order valence-electron chi connectivity index (χ1n) is 9.84. The maximum Gasteiger partial charge on any atom is 0.293 e. The summed E-state index contributed by atoms with van der Waals surface area (Å²) in [5, 5.41) is 15.0. The Morgan fingerprint density at radius 2 is 2.07 bits per heavy atom. The highest BCUT2D eigenvalue weighted by atomic mass is 16.6. The summed E-state index contributed by atoms with van der Waals surface area (Å²) in [7, 11) is 1.72. The van der Waals surface area contributed by atoms with Crippen molar-refractivity contribution in [1.82, 2.24) is 14.5 Å². The van der Waals surface area contributed by atoms with Crippen molar-refractivity contribution in [2.24, 2.45) is 7.05 Å². The Balaban J connectivity index is 1.50. The van der Waals surface area contributed by atoms with E-state index < -0.39 is 4.92 Å². The monoisotopic (exact) mass is 383 g/mol. The molecule has 1 aromatic carbocycles. The van der Waals surface area contributed by atoms with Crippen LogP contribution in [0.5, 0.6) is 0 Å². The molecule has 8 heteroatoms. The van der Waals surface area contributed by atoms with E-state index in [1.165, 1.54) is 37.9 Å². The number of aryl methyl sites for hydroxylation is 1. The van der Waals surface area contributed by atoms with Gasteiger partial charge in [0, 0.05) is 56.2 Å². The summed E-state index contributed by atoms with van der Waals surface area (Å²) in [5.74, 6) is -0.0616. The number of hydrogen-bond donors (Lipinski definition) is 1. The standard InChI is InChI=1S/C20H25N5O3/c1-23-11-9-21-20(23)19(26)14-6-7-17(18(12-14)25(27)28)22-15-8-10-24(13-15)16-4-2-3-5-16/h6-7,9,11-12,15-16,22H,2-5,8,10,13H2,1H3. The predicted octanol–water partition coefficient (Wildman–Crippen LogP) is 2.99. The Kier molecular flexibility index (Phi) is 5.13. The van der Waals surface area contributed by atoms with Crippen molar-refractivity contribution in [3.05, 3.63) is 52.1 Å². The average molecular weight is 383 g/mol. The number of imidazole rings is 1. The Morgan fingerprint density at radius 3 is 2.75 bits per heavy atom. The van der Waals surface area contributed by atoms with Gasteiger partial charge in [0.25, 0.3) is 5.69 Å². The van der Waals surface area contributed by atoms with Gasteiger partial charge in [0.15, 0.2) is 5.82 Å². The van der Waals surface area contributed by atoms with E-state index in [2.05, 4.69) is 15.2 Å². The number of ketones is 1. The molecule has 2 aliphatic rings. The van der Waals surface area contributed by atoms with Gasteiger partial charge in [-0.2, -0.15) is 0 Å². The molecule has 0 amide bonds. The molecule has 8 nitrogen and oxygen atoms in total. The third-order valence-corrected chi connectivity index (χ3v) is 5.90. The quantitative estimate of drug-likeness (QED) is 0.468. The molecular weight excluding hydrogens is 358 g/mol. The molecule has 0 spiro atoms. The van der Waals surface area contributed by atoms with Crippen LogP contribution in [0, 0.1) is 10.1 Å². The van der Waals surface area contributed by atoms with E-state index in [0.717, 1.165) is 19.5 Å². The number of nitrogens with one attached hydrogen (secondary N) is 1. The third-order valence-electron chi connectivity index (χ3n) is 5.90. The van der Waals surface area contributed by atoms with Crippen LogP contribution in [0.15, 0.2) is 30.6 Å². The normalized spacial score (nSPS) is 20.5. The molecule has 2 heterocycles. The number of carbonyl (C=O) groups is 1. The number of nitrogens with zero attached hydrogens (tertiary/aromatic N) is 4. The van der Waals surface area contributed by atoms with Gasteiger partial charge in [-0.25, -0.2) is 4.98 Å². The van der Waals surface area contributed by atoms with Gasteiger partial charge in [0.1, 0.15) is 5.69 Å². The van der Waals surface area contributed by atoms with Crippen LogP contribution in [0.3, 0.4) is 0 Å². The number of hydrogen-bond acceptors (Lipinski definition) is 6. The highest BCUT2D eigenvalue weighted by Crippen LogP contribution is 2.31. The van der Waals surface area contributed by atoms with Gasteiger partial charge in [0.05, 0.1) is 4.92 Å². The van der Waals surface area contributed by atoms with Crippen LogP contribution in [0.25, 0.3) is 0 Å². The molecule has 28 heavy (non-hydrogen) atoms. The number of carbonyl (C=O) groups excluding carboxylic acids is 1. The summed E-state index contributed by atoms with van der Waals surface area (Å²) in [6.07, 6.45) is 9.31. The van der Waals surface area contributed by atoms with Gasteiger partial charge in [-0.15, -0.1) is 0 Å². The minimum Gasteiger partial charge on any atom is -0.375 e. The second kappa shape index (κ2) is 7.71. The van der Waals surface area contributed by atoms with Crippen molar-refractivity contribution in [3.63, 3.8) is 0 Å². The Morgan fingerprint density at radius 1 is 1.29 bits per heavy atom. The molecule has 1 atom stereocenters. The van der Waals surface area contributed by atoms with E-state index in [1.54, 1.807) is 29.9 Å². The van der Waals surface area contributed by atoms with E-state index >= 15 is 0 Å². The van der Waals surface area contributed by atoms with Crippen LogP contribution in [0.2, 0.25) is 0 Å². The largest absolute Gasteiger partial charge is 0.375 e. The van der Waals surface area contributed by atoms with Crippen molar-refractivity contribution < 1.29 is 9.72 Å². The molecule has 1 aliphatic carbocycles. The SMILES string of the molecule is Cn1ccnc1C(=O)c1ccc(NC2CCN(C3CCCC3)C2)c([N+](=O)[O-])c1. The summed E-state index contributed by atoms with van der Waals surface area (Å²) < 4.78 is 1.61. The molecule has 1 unspecified atom stereocenters. The Hall–Kier alpha value is -2.74. The molecule has 1 aromatic heterocycles. The van der Waals surface area contributed by atoms with Crippen LogP contribution in [0.1, 0.15) is 48.3 Å². The molecule has 4 rings (SSSR count). The minimum atomic E-state index is -0.429. The molecule has 0 bridgehead atoms. The smallest absolute Gasteiger partial charge is 0.293 e. The number of aromatic nitrogens is 2. The molecule has 1 saturated carbocycles. The zero-order chi connectivity index (χ0) is 19.7. The zero-order valence-electron chi connectivity index (χ0n) is 16.0. The first-order chi connectivity index (χ1) is 13.5. The summed E-state index contributed by atoms with van der Waals surface area (Å²) >= 11 is 0. The van der Waals surface area contributed by atoms with Crippen LogP contribution in [0.4, 0.5) is 11.4 Å². The lowest BCUT2D eigenvalue weighted by Gasteiger charge is -2.23. The summed E-state index contributed by atoms with van der Waals surface area (Å²) in [5.41, 5.74) is 0.671.